The fourth-order valence-electron chi connectivity index (χ4n) is 0.955. The van der Waals surface area contributed by atoms with Crippen molar-refractivity contribution in [1.82, 2.24) is 4.98 Å². The van der Waals surface area contributed by atoms with Crippen LogP contribution in [0, 0.1) is 0 Å². The molecule has 1 aromatic rings. The highest BCUT2D eigenvalue weighted by molar-refractivity contribution is 5.65. The molecule has 4 heteroatoms. The van der Waals surface area contributed by atoms with Crippen molar-refractivity contribution in [3.63, 3.8) is 0 Å². The molecule has 80 valence electrons. The number of hydrogen-bond donors (Lipinski definition) is 0. The van der Waals surface area contributed by atoms with Gasteiger partial charge in [0, 0.05) is 19.2 Å². The van der Waals surface area contributed by atoms with Gasteiger partial charge in [-0.05, 0) is 6.07 Å². The van der Waals surface area contributed by atoms with Gasteiger partial charge in [0.1, 0.15) is 19.0 Å². The summed E-state index contributed by atoms with van der Waals surface area (Å²) in [5, 5.41) is 0. The van der Waals surface area contributed by atoms with Crippen LogP contribution in [0.4, 0.5) is 0 Å². The Morgan fingerprint density at radius 1 is 1.67 bits per heavy atom. The van der Waals surface area contributed by atoms with Crippen molar-refractivity contribution in [1.29, 1.82) is 0 Å². The molecule has 4 nitrogen and oxygen atoms in total. The third kappa shape index (κ3) is 4.26. The molecule has 0 fully saturated rings. The zero-order chi connectivity index (χ0) is 11.1. The number of aromatic nitrogens is 1. The highest BCUT2D eigenvalue weighted by Crippen LogP contribution is 2.11. The van der Waals surface area contributed by atoms with Gasteiger partial charge in [-0.15, -0.1) is 0 Å². The van der Waals surface area contributed by atoms with E-state index in [4.69, 9.17) is 9.47 Å². The van der Waals surface area contributed by atoms with E-state index in [9.17, 15) is 4.79 Å². The average Bonchev–Trinajstić information content (AvgIpc) is 2.24. The number of nitrogens with zero attached hydrogens (tertiary/aromatic N) is 1. The maximum absolute atomic E-state index is 10.6. The van der Waals surface area contributed by atoms with Crippen molar-refractivity contribution >= 4 is 5.97 Å². The van der Waals surface area contributed by atoms with Crippen molar-refractivity contribution < 1.29 is 14.3 Å². The number of hydrogen-bond acceptors (Lipinski definition) is 4. The molecule has 1 heterocycles. The largest absolute Gasteiger partial charge is 0.489 e. The Morgan fingerprint density at radius 2 is 2.47 bits per heavy atom. The molecule has 0 saturated heterocycles. The molecule has 0 atom stereocenters. The van der Waals surface area contributed by atoms with Crippen molar-refractivity contribution in [2.24, 2.45) is 0 Å². The van der Waals surface area contributed by atoms with Crippen LogP contribution in [0.2, 0.25) is 0 Å². The van der Waals surface area contributed by atoms with E-state index in [-0.39, 0.29) is 12.6 Å². The first-order valence-corrected chi connectivity index (χ1v) is 4.54. The molecule has 0 aliphatic heterocycles. The molecule has 0 aliphatic rings. The zero-order valence-electron chi connectivity index (χ0n) is 8.60. The summed E-state index contributed by atoms with van der Waals surface area (Å²) in [5.41, 5.74) is 0.659. The lowest BCUT2D eigenvalue weighted by Crippen LogP contribution is -2.01. The van der Waals surface area contributed by atoms with E-state index < -0.39 is 0 Å². The molecule has 1 rings (SSSR count). The van der Waals surface area contributed by atoms with E-state index in [2.05, 4.69) is 11.6 Å². The van der Waals surface area contributed by atoms with Crippen LogP contribution in [-0.4, -0.2) is 17.6 Å². The number of carbonyl (C=O) groups is 1. The average molecular weight is 207 g/mol. The van der Waals surface area contributed by atoms with Crippen LogP contribution in [0.15, 0.2) is 31.0 Å². The fraction of sp³-hybridized carbons (Fsp3) is 0.273. The van der Waals surface area contributed by atoms with Gasteiger partial charge >= 0.3 is 5.97 Å². The van der Waals surface area contributed by atoms with Crippen LogP contribution >= 0.6 is 0 Å². The Hall–Kier alpha value is -1.84. The Morgan fingerprint density at radius 3 is 3.13 bits per heavy atom. The van der Waals surface area contributed by atoms with Gasteiger partial charge < -0.3 is 9.47 Å². The van der Waals surface area contributed by atoms with Crippen LogP contribution in [0.3, 0.4) is 0 Å². The molecular weight excluding hydrogens is 194 g/mol. The van der Waals surface area contributed by atoms with Crippen molar-refractivity contribution in [2.45, 2.75) is 13.5 Å². The van der Waals surface area contributed by atoms with Gasteiger partial charge in [-0.1, -0.05) is 12.7 Å². The molecule has 15 heavy (non-hydrogen) atoms. The van der Waals surface area contributed by atoms with Crippen molar-refractivity contribution in [2.75, 3.05) is 6.61 Å². The Bertz CT molecular complexity index is 349. The minimum Gasteiger partial charge on any atom is -0.489 e. The first-order valence-electron chi connectivity index (χ1n) is 4.54. The summed E-state index contributed by atoms with van der Waals surface area (Å²) in [5.74, 6) is 0.362. The third-order valence-electron chi connectivity index (χ3n) is 1.58. The predicted octanol–water partition coefficient (Wildman–Crippen LogP) is 1.71. The molecule has 0 radical (unpaired) electrons. The summed E-state index contributed by atoms with van der Waals surface area (Å²) in [6.45, 7) is 5.52. The highest BCUT2D eigenvalue weighted by Gasteiger charge is 2.00. The van der Waals surface area contributed by atoms with Crippen LogP contribution in [0.5, 0.6) is 5.75 Å². The first-order chi connectivity index (χ1) is 7.22. The first kappa shape index (κ1) is 11.2. The standard InChI is InChI=1S/C11H13NO3/c1-3-6-14-11-4-5-12-10(7-11)8-15-9(2)13/h3-5,7H,1,6,8H2,2H3. The fourth-order valence-corrected chi connectivity index (χ4v) is 0.955. The summed E-state index contributed by atoms with van der Waals surface area (Å²) in [4.78, 5) is 14.6. The van der Waals surface area contributed by atoms with Crippen LogP contribution in [-0.2, 0) is 16.1 Å². The van der Waals surface area contributed by atoms with Crippen molar-refractivity contribution in [3.8, 4) is 5.75 Å². The smallest absolute Gasteiger partial charge is 0.303 e. The Labute approximate surface area is 88.5 Å². The van der Waals surface area contributed by atoms with E-state index in [1.807, 2.05) is 0 Å². The monoisotopic (exact) mass is 207 g/mol. The predicted molar refractivity (Wildman–Crippen MR) is 55.4 cm³/mol. The van der Waals surface area contributed by atoms with Gasteiger partial charge in [0.05, 0.1) is 5.69 Å². The van der Waals surface area contributed by atoms with Gasteiger partial charge in [0.15, 0.2) is 0 Å². The quantitative estimate of drug-likeness (QED) is 0.544. The van der Waals surface area contributed by atoms with E-state index >= 15 is 0 Å². The number of pyridine rings is 1. The highest BCUT2D eigenvalue weighted by atomic mass is 16.5. The summed E-state index contributed by atoms with van der Waals surface area (Å²) in [6, 6.07) is 3.47. The van der Waals surface area contributed by atoms with E-state index in [1.54, 1.807) is 24.4 Å². The molecular formula is C11H13NO3. The summed E-state index contributed by atoms with van der Waals surface area (Å²) in [7, 11) is 0. The zero-order valence-corrected chi connectivity index (χ0v) is 8.60. The summed E-state index contributed by atoms with van der Waals surface area (Å²) in [6.07, 6.45) is 3.27. The molecule has 0 aliphatic carbocycles. The summed E-state index contributed by atoms with van der Waals surface area (Å²) >= 11 is 0. The minimum atomic E-state index is -0.325. The van der Waals surface area contributed by atoms with E-state index in [1.165, 1.54) is 6.92 Å². The topological polar surface area (TPSA) is 48.4 Å². The lowest BCUT2D eigenvalue weighted by molar-refractivity contribution is -0.142. The van der Waals surface area contributed by atoms with Gasteiger partial charge in [-0.2, -0.15) is 0 Å². The second-order valence-electron chi connectivity index (χ2n) is 2.86. The second kappa shape index (κ2) is 5.80. The molecule has 0 spiro atoms. The number of rotatable bonds is 5. The lowest BCUT2D eigenvalue weighted by Gasteiger charge is -2.05. The van der Waals surface area contributed by atoms with Crippen LogP contribution in [0.1, 0.15) is 12.6 Å². The minimum absolute atomic E-state index is 0.167. The molecule has 0 bridgehead atoms. The summed E-state index contributed by atoms with van der Waals surface area (Å²) < 4.78 is 10.1. The van der Waals surface area contributed by atoms with Gasteiger partial charge in [0.2, 0.25) is 0 Å². The van der Waals surface area contributed by atoms with E-state index in [0.717, 1.165) is 0 Å². The Kier molecular flexibility index (Phi) is 4.34. The van der Waals surface area contributed by atoms with Gasteiger partial charge in [-0.25, -0.2) is 0 Å². The molecule has 0 unspecified atom stereocenters. The normalized spacial score (nSPS) is 9.40. The van der Waals surface area contributed by atoms with Crippen molar-refractivity contribution in [3.05, 3.63) is 36.7 Å². The third-order valence-corrected chi connectivity index (χ3v) is 1.58. The molecule has 0 N–H and O–H groups in total. The molecule has 1 aromatic heterocycles. The number of ether oxygens (including phenoxy) is 2. The van der Waals surface area contributed by atoms with Gasteiger partial charge in [-0.3, -0.25) is 9.78 Å². The lowest BCUT2D eigenvalue weighted by atomic mass is 10.3. The van der Waals surface area contributed by atoms with Crippen LogP contribution in [0.25, 0.3) is 0 Å². The number of esters is 1. The second-order valence-corrected chi connectivity index (χ2v) is 2.86. The maximum atomic E-state index is 10.6. The Balaban J connectivity index is 2.57. The molecule has 0 amide bonds. The SMILES string of the molecule is C=CCOc1ccnc(COC(C)=O)c1. The molecule has 0 aromatic carbocycles. The number of carbonyl (C=O) groups excluding carboxylic acids is 1. The van der Waals surface area contributed by atoms with E-state index in [0.29, 0.717) is 18.1 Å². The molecule has 0 saturated carbocycles. The maximum Gasteiger partial charge on any atom is 0.303 e. The van der Waals surface area contributed by atoms with Crippen LogP contribution < -0.4 is 4.74 Å². The van der Waals surface area contributed by atoms with Gasteiger partial charge in [0.25, 0.3) is 0 Å².